The summed E-state index contributed by atoms with van der Waals surface area (Å²) < 4.78 is 0. The Hall–Kier alpha value is -0.820. The van der Waals surface area contributed by atoms with Crippen molar-refractivity contribution in [2.45, 2.75) is 27.2 Å². The molecule has 12 heavy (non-hydrogen) atoms. The van der Waals surface area contributed by atoms with E-state index in [-0.39, 0.29) is 1.43 Å². The summed E-state index contributed by atoms with van der Waals surface area (Å²) in [6.45, 7) is 6.83. The third-order valence-corrected chi connectivity index (χ3v) is 1.55. The van der Waals surface area contributed by atoms with Crippen LogP contribution in [0.15, 0.2) is 24.3 Å². The minimum Gasteiger partial charge on any atom is -0.330 e. The molecule has 0 unspecified atom stereocenters. The lowest BCUT2D eigenvalue weighted by Crippen LogP contribution is -2.02. The van der Waals surface area contributed by atoms with E-state index in [0.29, 0.717) is 0 Å². The predicted octanol–water partition coefficient (Wildman–Crippen LogP) is 2.77. The lowest BCUT2D eigenvalue weighted by Gasteiger charge is -1.97. The van der Waals surface area contributed by atoms with Crippen LogP contribution in [0.25, 0.3) is 0 Å². The van der Waals surface area contributed by atoms with Gasteiger partial charge in [-0.25, -0.2) is 0 Å². The van der Waals surface area contributed by atoms with Crippen molar-refractivity contribution in [2.24, 2.45) is 5.73 Å². The molecule has 1 rings (SSSR count). The van der Waals surface area contributed by atoms with E-state index >= 15 is 0 Å². The van der Waals surface area contributed by atoms with E-state index in [1.807, 2.05) is 13.8 Å². The molecule has 0 aliphatic rings. The maximum atomic E-state index is 5.40. The van der Waals surface area contributed by atoms with Crippen LogP contribution >= 0.6 is 0 Å². The normalized spacial score (nSPS) is 8.67. The van der Waals surface area contributed by atoms with E-state index < -0.39 is 0 Å². The second-order valence-corrected chi connectivity index (χ2v) is 2.52. The van der Waals surface area contributed by atoms with Crippen LogP contribution in [-0.4, -0.2) is 6.54 Å². The van der Waals surface area contributed by atoms with Crippen molar-refractivity contribution in [3.05, 3.63) is 35.4 Å². The maximum absolute atomic E-state index is 5.40. The van der Waals surface area contributed by atoms with E-state index in [4.69, 9.17) is 5.73 Å². The van der Waals surface area contributed by atoms with Gasteiger partial charge in [-0.3, -0.25) is 0 Å². The van der Waals surface area contributed by atoms with Crippen molar-refractivity contribution >= 4 is 0 Å². The molecule has 0 aliphatic heterocycles. The second-order valence-electron chi connectivity index (χ2n) is 2.52. The average molecular weight is 167 g/mol. The summed E-state index contributed by atoms with van der Waals surface area (Å²) in [7, 11) is 0. The minimum atomic E-state index is 0. The molecule has 1 aromatic rings. The van der Waals surface area contributed by atoms with Crippen LogP contribution in [0, 0.1) is 6.92 Å². The van der Waals surface area contributed by atoms with E-state index in [1.165, 1.54) is 11.1 Å². The van der Waals surface area contributed by atoms with Crippen molar-refractivity contribution in [1.82, 2.24) is 0 Å². The summed E-state index contributed by atoms with van der Waals surface area (Å²) >= 11 is 0. The highest BCUT2D eigenvalue weighted by atomic mass is 14.5. The molecule has 1 nitrogen and oxygen atoms in total. The number of hydrogen-bond donors (Lipinski definition) is 1. The molecule has 0 spiro atoms. The van der Waals surface area contributed by atoms with Crippen molar-refractivity contribution in [1.29, 1.82) is 0 Å². The molecule has 0 atom stereocenters. The first-order valence-electron chi connectivity index (χ1n) is 4.58. The highest BCUT2D eigenvalue weighted by Crippen LogP contribution is 2.02. The first-order valence-corrected chi connectivity index (χ1v) is 4.58. The molecule has 0 fully saturated rings. The largest absolute Gasteiger partial charge is 0.330 e. The van der Waals surface area contributed by atoms with E-state index in [2.05, 4.69) is 31.2 Å². The number of nitrogens with two attached hydrogens (primary N) is 1. The van der Waals surface area contributed by atoms with Gasteiger partial charge in [-0.15, -0.1) is 0 Å². The van der Waals surface area contributed by atoms with Crippen LogP contribution in [0.4, 0.5) is 0 Å². The Bertz CT molecular complexity index is 194. The highest BCUT2D eigenvalue weighted by molar-refractivity contribution is 5.21. The zero-order valence-corrected chi connectivity index (χ0v) is 8.30. The van der Waals surface area contributed by atoms with Gasteiger partial charge in [-0.2, -0.15) is 0 Å². The summed E-state index contributed by atoms with van der Waals surface area (Å²) in [5, 5.41) is 0. The van der Waals surface area contributed by atoms with E-state index in [0.717, 1.165) is 13.0 Å². The van der Waals surface area contributed by atoms with Gasteiger partial charge in [0.1, 0.15) is 0 Å². The summed E-state index contributed by atoms with van der Waals surface area (Å²) in [5.74, 6) is 0. The summed E-state index contributed by atoms with van der Waals surface area (Å²) in [6.07, 6.45) is 0.986. The first-order chi connectivity index (χ1) is 5.83. The quantitative estimate of drug-likeness (QED) is 0.720. The number of hydrogen-bond acceptors (Lipinski definition) is 1. The molecular weight excluding hydrogens is 146 g/mol. The maximum Gasteiger partial charge on any atom is 0 e. The predicted molar refractivity (Wildman–Crippen MR) is 57.4 cm³/mol. The Labute approximate surface area is 77.1 Å². The fourth-order valence-electron chi connectivity index (χ4n) is 0.921. The molecule has 1 aromatic carbocycles. The van der Waals surface area contributed by atoms with Gasteiger partial charge in [0.2, 0.25) is 0 Å². The van der Waals surface area contributed by atoms with Crippen molar-refractivity contribution in [3.8, 4) is 0 Å². The first kappa shape index (κ1) is 11.2. The number of benzene rings is 1. The average Bonchev–Trinajstić information content (AvgIpc) is 2.13. The second kappa shape index (κ2) is 6.86. The smallest absolute Gasteiger partial charge is 0 e. The molecule has 0 aromatic heterocycles. The van der Waals surface area contributed by atoms with Gasteiger partial charge in [0.05, 0.1) is 0 Å². The fraction of sp³-hybridized carbons (Fsp3) is 0.455. The van der Waals surface area contributed by atoms with Crippen LogP contribution in [0.5, 0.6) is 0 Å². The summed E-state index contributed by atoms with van der Waals surface area (Å²) in [5.41, 5.74) is 8.03. The van der Waals surface area contributed by atoms with E-state index in [1.54, 1.807) is 0 Å². The Morgan fingerprint density at radius 2 is 1.67 bits per heavy atom. The Balaban J connectivity index is 0. The molecule has 0 amide bonds. The van der Waals surface area contributed by atoms with Gasteiger partial charge < -0.3 is 5.73 Å². The molecule has 0 aliphatic carbocycles. The third-order valence-electron chi connectivity index (χ3n) is 1.55. The van der Waals surface area contributed by atoms with Gasteiger partial charge in [-0.1, -0.05) is 43.7 Å². The zero-order chi connectivity index (χ0) is 9.40. The van der Waals surface area contributed by atoms with Crippen LogP contribution in [0.3, 0.4) is 0 Å². The van der Waals surface area contributed by atoms with Gasteiger partial charge in [-0.05, 0) is 25.5 Å². The number of aryl methyl sites for hydroxylation is 1. The van der Waals surface area contributed by atoms with Crippen LogP contribution in [0.1, 0.15) is 26.4 Å². The zero-order valence-electron chi connectivity index (χ0n) is 8.30. The van der Waals surface area contributed by atoms with Gasteiger partial charge >= 0.3 is 0 Å². The summed E-state index contributed by atoms with van der Waals surface area (Å²) in [4.78, 5) is 0. The molecule has 2 N–H and O–H groups in total. The van der Waals surface area contributed by atoms with Crippen LogP contribution < -0.4 is 5.73 Å². The van der Waals surface area contributed by atoms with Crippen LogP contribution in [-0.2, 0) is 6.42 Å². The Morgan fingerprint density at radius 1 is 1.17 bits per heavy atom. The van der Waals surface area contributed by atoms with Crippen molar-refractivity contribution in [3.63, 3.8) is 0 Å². The molecule has 0 radical (unpaired) electrons. The topological polar surface area (TPSA) is 26.0 Å². The Kier molecular flexibility index (Phi) is 6.39. The lowest BCUT2D eigenvalue weighted by atomic mass is 10.1. The molecule has 0 saturated heterocycles. The molecule has 1 heteroatoms. The molecule has 0 heterocycles. The minimum absolute atomic E-state index is 0. The van der Waals surface area contributed by atoms with Crippen molar-refractivity contribution < 1.29 is 1.43 Å². The van der Waals surface area contributed by atoms with Gasteiger partial charge in [0.15, 0.2) is 0 Å². The van der Waals surface area contributed by atoms with E-state index in [9.17, 15) is 0 Å². The summed E-state index contributed by atoms with van der Waals surface area (Å²) in [6, 6.07) is 8.49. The van der Waals surface area contributed by atoms with Crippen molar-refractivity contribution in [2.75, 3.05) is 6.54 Å². The lowest BCUT2D eigenvalue weighted by molar-refractivity contribution is 0.968. The van der Waals surface area contributed by atoms with Gasteiger partial charge in [0.25, 0.3) is 0 Å². The highest BCUT2D eigenvalue weighted by Gasteiger charge is 1.88. The number of rotatable bonds is 2. The molecule has 0 saturated carbocycles. The standard InChI is InChI=1S/C9H13N.C2H6.H2/c1-8-2-4-9(5-3-8)6-7-10;1-2;/h2-5H,6-7,10H2,1H3;1-2H3;1H. The fourth-order valence-corrected chi connectivity index (χ4v) is 0.921. The third kappa shape index (κ3) is 4.14. The molecule has 0 bridgehead atoms. The molecule has 70 valence electrons. The Morgan fingerprint density at radius 3 is 2.08 bits per heavy atom. The van der Waals surface area contributed by atoms with Crippen LogP contribution in [0.2, 0.25) is 0 Å². The van der Waals surface area contributed by atoms with Gasteiger partial charge in [0, 0.05) is 1.43 Å². The molecular formula is C11H21N. The monoisotopic (exact) mass is 167 g/mol. The SMILES string of the molecule is CC.Cc1ccc(CCN)cc1.[HH].